The second-order valence-electron chi connectivity index (χ2n) is 5.01. The largest absolute Gasteiger partial charge is 0.371 e. The van der Waals surface area contributed by atoms with Gasteiger partial charge in [-0.05, 0) is 23.6 Å². The summed E-state index contributed by atoms with van der Waals surface area (Å²) in [6, 6.07) is 10.4. The molecule has 2 aliphatic rings. The molecule has 0 aromatic heterocycles. The molecule has 2 bridgehead atoms. The molecule has 0 aliphatic carbocycles. The van der Waals surface area contributed by atoms with Crippen LogP contribution < -0.4 is 0 Å². The molecular weight excluding hydrogens is 236 g/mol. The van der Waals surface area contributed by atoms with Crippen LogP contribution in [-0.2, 0) is 9.47 Å². The van der Waals surface area contributed by atoms with Crippen LogP contribution in [0.3, 0.4) is 0 Å². The molecule has 0 unspecified atom stereocenters. The van der Waals surface area contributed by atoms with E-state index in [9.17, 15) is 0 Å². The molecule has 19 heavy (non-hydrogen) atoms. The Kier molecular flexibility index (Phi) is 3.54. The second-order valence-corrected chi connectivity index (χ2v) is 5.01. The van der Waals surface area contributed by atoms with E-state index in [0.717, 1.165) is 12.0 Å². The number of rotatable bonds is 3. The summed E-state index contributed by atoms with van der Waals surface area (Å²) in [7, 11) is 0. The van der Waals surface area contributed by atoms with Crippen molar-refractivity contribution in [2.24, 2.45) is 0 Å². The van der Waals surface area contributed by atoms with Gasteiger partial charge < -0.3 is 9.47 Å². The molecule has 3 atom stereocenters. The number of hydrogen-bond donors (Lipinski definition) is 0. The lowest BCUT2D eigenvalue weighted by Gasteiger charge is -2.41. The molecule has 2 nitrogen and oxygen atoms in total. The van der Waals surface area contributed by atoms with Crippen molar-refractivity contribution in [1.82, 2.24) is 0 Å². The van der Waals surface area contributed by atoms with Crippen LogP contribution in [0.2, 0.25) is 0 Å². The van der Waals surface area contributed by atoms with Crippen molar-refractivity contribution in [2.45, 2.75) is 31.7 Å². The molecule has 0 amide bonds. The molecule has 1 radical (unpaired) electrons. The number of ether oxygens (including phenoxy) is 2. The third-order valence-corrected chi connectivity index (χ3v) is 3.74. The Bertz CT molecular complexity index is 489. The van der Waals surface area contributed by atoms with Gasteiger partial charge in [-0.25, -0.2) is 0 Å². The van der Waals surface area contributed by atoms with Gasteiger partial charge in [0.2, 0.25) is 0 Å². The van der Waals surface area contributed by atoms with Gasteiger partial charge in [-0.3, -0.25) is 0 Å². The SMILES string of the molecule is C=C1C[C@@H]2O[C@@H]([CH]C=C2c2ccccc2)[C@H]1OCC. The van der Waals surface area contributed by atoms with Gasteiger partial charge in [-0.15, -0.1) is 0 Å². The molecule has 2 heterocycles. The molecule has 1 fully saturated rings. The summed E-state index contributed by atoms with van der Waals surface area (Å²) in [5.41, 5.74) is 3.61. The standard InChI is InChI=1S/C17H19O2/c1-3-18-17-12(2)11-16-14(9-10-15(17)19-16)13-7-5-4-6-8-13/h4-10,15-17H,2-3,11H2,1H3/t15-,16-,17-/m0/s1. The summed E-state index contributed by atoms with van der Waals surface area (Å²) < 4.78 is 11.9. The first kappa shape index (κ1) is 12.6. The third kappa shape index (κ3) is 2.38. The first-order chi connectivity index (χ1) is 9.29. The van der Waals surface area contributed by atoms with E-state index in [1.165, 1.54) is 11.1 Å². The van der Waals surface area contributed by atoms with Crippen LogP contribution in [-0.4, -0.2) is 24.9 Å². The Hall–Kier alpha value is -1.38. The van der Waals surface area contributed by atoms with Gasteiger partial charge >= 0.3 is 0 Å². The zero-order valence-corrected chi connectivity index (χ0v) is 11.2. The van der Waals surface area contributed by atoms with E-state index < -0.39 is 0 Å². The lowest BCUT2D eigenvalue weighted by Crippen LogP contribution is -2.44. The van der Waals surface area contributed by atoms with Crippen molar-refractivity contribution in [1.29, 1.82) is 0 Å². The highest BCUT2D eigenvalue weighted by Gasteiger charge is 2.38. The highest BCUT2D eigenvalue weighted by molar-refractivity contribution is 5.71. The minimum absolute atomic E-state index is 0.00910. The van der Waals surface area contributed by atoms with Crippen LogP contribution in [0.1, 0.15) is 18.9 Å². The normalized spacial score (nSPS) is 30.1. The monoisotopic (exact) mass is 255 g/mol. The van der Waals surface area contributed by atoms with E-state index in [4.69, 9.17) is 9.47 Å². The number of fused-ring (bicyclic) bond motifs is 2. The zero-order chi connectivity index (χ0) is 13.2. The van der Waals surface area contributed by atoms with E-state index in [2.05, 4.69) is 43.3 Å². The van der Waals surface area contributed by atoms with Crippen LogP contribution in [0.4, 0.5) is 0 Å². The highest BCUT2D eigenvalue weighted by atomic mass is 16.5. The number of hydrogen-bond acceptors (Lipinski definition) is 2. The van der Waals surface area contributed by atoms with E-state index in [1.54, 1.807) is 0 Å². The van der Waals surface area contributed by atoms with E-state index in [1.807, 2.05) is 13.0 Å². The predicted molar refractivity (Wildman–Crippen MR) is 76.6 cm³/mol. The predicted octanol–water partition coefficient (Wildman–Crippen LogP) is 3.41. The van der Waals surface area contributed by atoms with Crippen LogP contribution >= 0.6 is 0 Å². The van der Waals surface area contributed by atoms with Crippen LogP contribution in [0.25, 0.3) is 5.57 Å². The summed E-state index contributed by atoms with van der Waals surface area (Å²) in [6.07, 6.45) is 5.27. The molecule has 2 heteroatoms. The topological polar surface area (TPSA) is 18.5 Å². The van der Waals surface area contributed by atoms with Crippen molar-refractivity contribution < 1.29 is 9.47 Å². The Morgan fingerprint density at radius 2 is 2.11 bits per heavy atom. The smallest absolute Gasteiger partial charge is 0.105 e. The molecule has 0 spiro atoms. The molecule has 0 saturated carbocycles. The third-order valence-electron chi connectivity index (χ3n) is 3.74. The minimum atomic E-state index is 0.00910. The van der Waals surface area contributed by atoms with Gasteiger partial charge in [-0.2, -0.15) is 0 Å². The molecule has 1 aromatic rings. The second kappa shape index (κ2) is 5.32. The maximum Gasteiger partial charge on any atom is 0.105 e. The quantitative estimate of drug-likeness (QED) is 0.771. The lowest BCUT2D eigenvalue weighted by molar-refractivity contribution is -0.0807. The van der Waals surface area contributed by atoms with Crippen LogP contribution in [0, 0.1) is 6.42 Å². The summed E-state index contributed by atoms with van der Waals surface area (Å²) in [5.74, 6) is 0. The molecule has 1 saturated heterocycles. The Labute approximate surface area is 114 Å². The summed E-state index contributed by atoms with van der Waals surface area (Å²) in [4.78, 5) is 0. The van der Waals surface area contributed by atoms with Gasteiger partial charge in [0.05, 0.1) is 12.2 Å². The molecule has 1 aromatic carbocycles. The average Bonchev–Trinajstić information content (AvgIpc) is 2.44. The molecule has 3 rings (SSSR count). The van der Waals surface area contributed by atoms with Crippen molar-refractivity contribution in [2.75, 3.05) is 6.61 Å². The fourth-order valence-electron chi connectivity index (χ4n) is 2.84. The van der Waals surface area contributed by atoms with Crippen molar-refractivity contribution in [3.8, 4) is 0 Å². The van der Waals surface area contributed by atoms with Gasteiger partial charge in [0, 0.05) is 19.4 Å². The van der Waals surface area contributed by atoms with Crippen LogP contribution in [0.15, 0.2) is 48.6 Å². The Balaban J connectivity index is 1.85. The van der Waals surface area contributed by atoms with Crippen molar-refractivity contribution in [3.05, 3.63) is 60.5 Å². The maximum absolute atomic E-state index is 6.12. The highest BCUT2D eigenvalue weighted by Crippen LogP contribution is 2.38. The fourth-order valence-corrected chi connectivity index (χ4v) is 2.84. The van der Waals surface area contributed by atoms with Gasteiger partial charge in [-0.1, -0.05) is 43.0 Å². The first-order valence-corrected chi connectivity index (χ1v) is 6.84. The zero-order valence-electron chi connectivity index (χ0n) is 11.2. The Morgan fingerprint density at radius 1 is 1.32 bits per heavy atom. The minimum Gasteiger partial charge on any atom is -0.371 e. The van der Waals surface area contributed by atoms with Gasteiger partial charge in [0.1, 0.15) is 6.10 Å². The van der Waals surface area contributed by atoms with Crippen molar-refractivity contribution in [3.63, 3.8) is 0 Å². The molecule has 2 aliphatic heterocycles. The Morgan fingerprint density at radius 3 is 2.84 bits per heavy atom. The average molecular weight is 255 g/mol. The maximum atomic E-state index is 6.12. The fraction of sp³-hybridized carbons (Fsp3) is 0.353. The molecule has 99 valence electrons. The van der Waals surface area contributed by atoms with Gasteiger partial charge in [0.15, 0.2) is 0 Å². The van der Waals surface area contributed by atoms with E-state index in [-0.39, 0.29) is 18.3 Å². The van der Waals surface area contributed by atoms with E-state index in [0.29, 0.717) is 6.61 Å². The molecule has 0 N–H and O–H groups in total. The van der Waals surface area contributed by atoms with Gasteiger partial charge in [0.25, 0.3) is 0 Å². The lowest BCUT2D eigenvalue weighted by atomic mass is 9.84. The summed E-state index contributed by atoms with van der Waals surface area (Å²) in [6.45, 7) is 6.87. The first-order valence-electron chi connectivity index (χ1n) is 6.84. The summed E-state index contributed by atoms with van der Waals surface area (Å²) in [5, 5.41) is 0. The van der Waals surface area contributed by atoms with Crippen molar-refractivity contribution >= 4 is 5.57 Å². The van der Waals surface area contributed by atoms with E-state index >= 15 is 0 Å². The molecular formula is C17H19O2. The summed E-state index contributed by atoms with van der Waals surface area (Å²) >= 11 is 0. The number of benzene rings is 1. The van der Waals surface area contributed by atoms with Crippen LogP contribution in [0.5, 0.6) is 0 Å².